The van der Waals surface area contributed by atoms with Gasteiger partial charge in [-0.15, -0.1) is 24.0 Å². The highest BCUT2D eigenvalue weighted by Gasteiger charge is 2.22. The lowest BCUT2D eigenvalue weighted by atomic mass is 9.98. The molecule has 2 aliphatic rings. The summed E-state index contributed by atoms with van der Waals surface area (Å²) in [5.74, 6) is 1.87. The smallest absolute Gasteiger partial charge is 0.191 e. The van der Waals surface area contributed by atoms with Crippen molar-refractivity contribution in [3.8, 4) is 0 Å². The molecule has 148 valence electrons. The first-order chi connectivity index (χ1) is 11.6. The highest BCUT2D eigenvalue weighted by atomic mass is 127. The Kier molecular flexibility index (Phi) is 11.3. The maximum absolute atomic E-state index is 4.43. The Morgan fingerprint density at radius 1 is 1.12 bits per heavy atom. The number of guanidine groups is 1. The molecule has 0 aliphatic carbocycles. The fraction of sp³-hybridized carbons (Fsp3) is 0.947. The van der Waals surface area contributed by atoms with Gasteiger partial charge in [-0.3, -0.25) is 9.89 Å². The Hall–Kier alpha value is -0.0800. The SMILES string of the molecule is CCCN1CCC(NC(=NC)NCC(C)N2CCC(C)CC2)CC1.I. The third kappa shape index (κ3) is 7.99. The van der Waals surface area contributed by atoms with Gasteiger partial charge in [0, 0.05) is 38.8 Å². The van der Waals surface area contributed by atoms with Gasteiger partial charge < -0.3 is 15.5 Å². The molecule has 2 heterocycles. The zero-order valence-corrected chi connectivity index (χ0v) is 19.1. The number of halogens is 1. The molecule has 1 unspecified atom stereocenters. The van der Waals surface area contributed by atoms with E-state index in [9.17, 15) is 0 Å². The first-order valence-electron chi connectivity index (χ1n) is 10.1. The summed E-state index contributed by atoms with van der Waals surface area (Å²) in [4.78, 5) is 9.62. The number of rotatable bonds is 6. The molecular weight excluding hydrogens is 425 g/mol. The van der Waals surface area contributed by atoms with Crippen molar-refractivity contribution in [2.45, 2.75) is 65.0 Å². The van der Waals surface area contributed by atoms with E-state index in [4.69, 9.17) is 0 Å². The number of piperidine rings is 2. The van der Waals surface area contributed by atoms with Gasteiger partial charge >= 0.3 is 0 Å². The van der Waals surface area contributed by atoms with Crippen LogP contribution in [0.25, 0.3) is 0 Å². The topological polar surface area (TPSA) is 42.9 Å². The van der Waals surface area contributed by atoms with E-state index >= 15 is 0 Å². The summed E-state index contributed by atoms with van der Waals surface area (Å²) in [6.07, 6.45) is 6.39. The van der Waals surface area contributed by atoms with Crippen LogP contribution in [0, 0.1) is 5.92 Å². The number of hydrogen-bond acceptors (Lipinski definition) is 3. The molecule has 2 saturated heterocycles. The summed E-state index contributed by atoms with van der Waals surface area (Å²) in [5.41, 5.74) is 0. The third-order valence-electron chi connectivity index (χ3n) is 5.70. The van der Waals surface area contributed by atoms with E-state index in [1.54, 1.807) is 0 Å². The zero-order valence-electron chi connectivity index (χ0n) is 16.8. The van der Waals surface area contributed by atoms with Crippen molar-refractivity contribution >= 4 is 29.9 Å². The molecule has 0 aromatic heterocycles. The fourth-order valence-electron chi connectivity index (χ4n) is 3.85. The summed E-state index contributed by atoms with van der Waals surface area (Å²) >= 11 is 0. The molecule has 0 saturated carbocycles. The van der Waals surface area contributed by atoms with Gasteiger partial charge in [-0.05, 0) is 64.6 Å². The van der Waals surface area contributed by atoms with E-state index in [2.05, 4.69) is 46.2 Å². The second-order valence-electron chi connectivity index (χ2n) is 7.78. The number of likely N-dealkylation sites (tertiary alicyclic amines) is 2. The Bertz CT molecular complexity index is 374. The van der Waals surface area contributed by atoms with E-state index in [0.717, 1.165) is 18.4 Å². The molecule has 0 amide bonds. The second kappa shape index (κ2) is 12.3. The average molecular weight is 465 g/mol. The predicted molar refractivity (Wildman–Crippen MR) is 119 cm³/mol. The molecule has 0 radical (unpaired) electrons. The van der Waals surface area contributed by atoms with Crippen LogP contribution in [-0.4, -0.2) is 74.2 Å². The standard InChI is InChI=1S/C19H39N5.HI/c1-5-10-23-11-8-18(9-12-23)22-19(20-4)21-15-17(3)24-13-6-16(2)7-14-24;/h16-18H,5-15H2,1-4H3,(H2,20,21,22);1H. The van der Waals surface area contributed by atoms with E-state index in [0.29, 0.717) is 12.1 Å². The van der Waals surface area contributed by atoms with Gasteiger partial charge in [0.2, 0.25) is 0 Å². The van der Waals surface area contributed by atoms with Crippen LogP contribution in [0.1, 0.15) is 52.9 Å². The molecule has 0 aromatic rings. The Morgan fingerprint density at radius 2 is 1.76 bits per heavy atom. The van der Waals surface area contributed by atoms with Crippen LogP contribution in [0.3, 0.4) is 0 Å². The van der Waals surface area contributed by atoms with Crippen molar-refractivity contribution < 1.29 is 0 Å². The summed E-state index contributed by atoms with van der Waals surface area (Å²) in [6.45, 7) is 14.1. The minimum absolute atomic E-state index is 0. The minimum atomic E-state index is 0. The van der Waals surface area contributed by atoms with Crippen LogP contribution in [-0.2, 0) is 0 Å². The van der Waals surface area contributed by atoms with Crippen molar-refractivity contribution in [1.82, 2.24) is 20.4 Å². The summed E-state index contributed by atoms with van der Waals surface area (Å²) in [7, 11) is 1.88. The van der Waals surface area contributed by atoms with Gasteiger partial charge in [0.1, 0.15) is 0 Å². The van der Waals surface area contributed by atoms with Crippen LogP contribution >= 0.6 is 24.0 Å². The van der Waals surface area contributed by atoms with Crippen molar-refractivity contribution in [1.29, 1.82) is 0 Å². The van der Waals surface area contributed by atoms with Crippen LogP contribution < -0.4 is 10.6 Å². The maximum atomic E-state index is 4.43. The van der Waals surface area contributed by atoms with Crippen LogP contribution in [0.2, 0.25) is 0 Å². The van der Waals surface area contributed by atoms with Crippen molar-refractivity contribution in [3.05, 3.63) is 0 Å². The molecule has 5 nitrogen and oxygen atoms in total. The predicted octanol–water partition coefficient (Wildman–Crippen LogP) is 2.76. The van der Waals surface area contributed by atoms with Gasteiger partial charge in [0.25, 0.3) is 0 Å². The van der Waals surface area contributed by atoms with E-state index in [-0.39, 0.29) is 24.0 Å². The number of nitrogens with zero attached hydrogens (tertiary/aromatic N) is 3. The van der Waals surface area contributed by atoms with Gasteiger partial charge in [-0.25, -0.2) is 0 Å². The first kappa shape index (κ1) is 23.0. The molecule has 0 aromatic carbocycles. The summed E-state index contributed by atoms with van der Waals surface area (Å²) < 4.78 is 0. The Labute approximate surface area is 172 Å². The minimum Gasteiger partial charge on any atom is -0.355 e. The molecule has 2 aliphatic heterocycles. The van der Waals surface area contributed by atoms with Crippen LogP contribution in [0.4, 0.5) is 0 Å². The summed E-state index contributed by atoms with van der Waals surface area (Å²) in [6, 6.07) is 1.14. The fourth-order valence-corrected chi connectivity index (χ4v) is 3.85. The molecule has 25 heavy (non-hydrogen) atoms. The molecule has 2 rings (SSSR count). The molecule has 0 spiro atoms. The summed E-state index contributed by atoms with van der Waals surface area (Å²) in [5, 5.41) is 7.17. The van der Waals surface area contributed by atoms with E-state index in [1.165, 1.54) is 64.8 Å². The van der Waals surface area contributed by atoms with Gasteiger partial charge in [0.05, 0.1) is 0 Å². The highest BCUT2D eigenvalue weighted by molar-refractivity contribution is 14.0. The van der Waals surface area contributed by atoms with Gasteiger partial charge in [-0.2, -0.15) is 0 Å². The van der Waals surface area contributed by atoms with E-state index < -0.39 is 0 Å². The molecule has 1 atom stereocenters. The highest BCUT2D eigenvalue weighted by Crippen LogP contribution is 2.17. The average Bonchev–Trinajstić information content (AvgIpc) is 2.60. The molecule has 6 heteroatoms. The lowest BCUT2D eigenvalue weighted by Crippen LogP contribution is -2.51. The van der Waals surface area contributed by atoms with Crippen LogP contribution in [0.15, 0.2) is 4.99 Å². The van der Waals surface area contributed by atoms with Crippen LogP contribution in [0.5, 0.6) is 0 Å². The van der Waals surface area contributed by atoms with Gasteiger partial charge in [-0.1, -0.05) is 13.8 Å². The Balaban J connectivity index is 0.00000312. The van der Waals surface area contributed by atoms with Crippen molar-refractivity contribution in [2.24, 2.45) is 10.9 Å². The quantitative estimate of drug-likeness (QED) is 0.360. The zero-order chi connectivity index (χ0) is 17.4. The number of aliphatic imine (C=N–C) groups is 1. The molecule has 2 N–H and O–H groups in total. The largest absolute Gasteiger partial charge is 0.355 e. The Morgan fingerprint density at radius 3 is 2.32 bits per heavy atom. The third-order valence-corrected chi connectivity index (χ3v) is 5.70. The molecule has 2 fully saturated rings. The maximum Gasteiger partial charge on any atom is 0.191 e. The lowest BCUT2D eigenvalue weighted by molar-refractivity contribution is 0.147. The molecule has 0 bridgehead atoms. The number of hydrogen-bond donors (Lipinski definition) is 2. The lowest BCUT2D eigenvalue weighted by Gasteiger charge is -2.36. The van der Waals surface area contributed by atoms with Crippen molar-refractivity contribution in [3.63, 3.8) is 0 Å². The van der Waals surface area contributed by atoms with E-state index in [1.807, 2.05) is 7.05 Å². The monoisotopic (exact) mass is 465 g/mol. The second-order valence-corrected chi connectivity index (χ2v) is 7.78. The van der Waals surface area contributed by atoms with Gasteiger partial charge in [0.15, 0.2) is 5.96 Å². The normalized spacial score (nSPS) is 23.1. The molecular formula is C19H40IN5. The first-order valence-corrected chi connectivity index (χ1v) is 10.1. The number of nitrogens with one attached hydrogen (secondary N) is 2. The van der Waals surface area contributed by atoms with Crippen molar-refractivity contribution in [2.75, 3.05) is 46.3 Å².